The minimum atomic E-state index is -0.420. The van der Waals surface area contributed by atoms with Crippen LogP contribution in [0, 0.1) is 16.0 Å². The Hall–Kier alpha value is -1.91. The molecule has 0 spiro atoms. The Morgan fingerprint density at radius 3 is 2.71 bits per heavy atom. The van der Waals surface area contributed by atoms with Crippen LogP contribution in [-0.2, 0) is 4.84 Å². The van der Waals surface area contributed by atoms with Crippen LogP contribution in [0.3, 0.4) is 0 Å². The van der Waals surface area contributed by atoms with E-state index in [9.17, 15) is 10.1 Å². The van der Waals surface area contributed by atoms with Crippen LogP contribution in [0.2, 0.25) is 0 Å². The van der Waals surface area contributed by atoms with Gasteiger partial charge in [-0.1, -0.05) is 31.1 Å². The molecule has 0 heterocycles. The van der Waals surface area contributed by atoms with Crippen LogP contribution in [0.4, 0.5) is 5.69 Å². The molecule has 0 atom stereocenters. The SMILES string of the molecule is C/C(=N\OCC(C)C)c1ccccc1[N+](=O)[O-]. The predicted octanol–water partition coefficient (Wildman–Crippen LogP) is 2.99. The third kappa shape index (κ3) is 3.86. The number of hydrogen-bond acceptors (Lipinski definition) is 4. The van der Waals surface area contributed by atoms with E-state index >= 15 is 0 Å². The van der Waals surface area contributed by atoms with Crippen molar-refractivity contribution in [3.8, 4) is 0 Å². The Morgan fingerprint density at radius 2 is 2.12 bits per heavy atom. The third-order valence-corrected chi connectivity index (χ3v) is 2.10. The topological polar surface area (TPSA) is 64.7 Å². The first-order valence-electron chi connectivity index (χ1n) is 5.42. The molecule has 1 rings (SSSR count). The summed E-state index contributed by atoms with van der Waals surface area (Å²) in [7, 11) is 0. The van der Waals surface area contributed by atoms with Gasteiger partial charge in [-0.15, -0.1) is 0 Å². The van der Waals surface area contributed by atoms with E-state index in [1.807, 2.05) is 13.8 Å². The van der Waals surface area contributed by atoms with Crippen molar-refractivity contribution in [2.24, 2.45) is 11.1 Å². The van der Waals surface area contributed by atoms with Gasteiger partial charge in [-0.3, -0.25) is 10.1 Å². The number of benzene rings is 1. The molecule has 0 bridgehead atoms. The van der Waals surface area contributed by atoms with Crippen molar-refractivity contribution < 1.29 is 9.76 Å². The van der Waals surface area contributed by atoms with Crippen LogP contribution in [0.1, 0.15) is 26.3 Å². The van der Waals surface area contributed by atoms with Crippen LogP contribution in [0.5, 0.6) is 0 Å². The third-order valence-electron chi connectivity index (χ3n) is 2.10. The zero-order valence-electron chi connectivity index (χ0n) is 10.2. The summed E-state index contributed by atoms with van der Waals surface area (Å²) >= 11 is 0. The molecule has 5 heteroatoms. The number of nitro groups is 1. The van der Waals surface area contributed by atoms with Gasteiger partial charge in [-0.2, -0.15) is 0 Å². The van der Waals surface area contributed by atoms with Gasteiger partial charge in [-0.25, -0.2) is 0 Å². The summed E-state index contributed by atoms with van der Waals surface area (Å²) < 4.78 is 0. The van der Waals surface area contributed by atoms with Crippen LogP contribution < -0.4 is 0 Å². The highest BCUT2D eigenvalue weighted by Gasteiger charge is 2.14. The van der Waals surface area contributed by atoms with Gasteiger partial charge in [0.2, 0.25) is 0 Å². The van der Waals surface area contributed by atoms with Crippen molar-refractivity contribution >= 4 is 11.4 Å². The lowest BCUT2D eigenvalue weighted by molar-refractivity contribution is -0.385. The maximum Gasteiger partial charge on any atom is 0.278 e. The summed E-state index contributed by atoms with van der Waals surface area (Å²) in [5, 5.41) is 14.7. The second-order valence-electron chi connectivity index (χ2n) is 4.14. The van der Waals surface area contributed by atoms with Crippen LogP contribution in [-0.4, -0.2) is 17.2 Å². The molecular formula is C12H16N2O3. The highest BCUT2D eigenvalue weighted by atomic mass is 16.6. The highest BCUT2D eigenvalue weighted by molar-refractivity contribution is 6.01. The van der Waals surface area contributed by atoms with Crippen molar-refractivity contribution in [3.63, 3.8) is 0 Å². The normalized spacial score (nSPS) is 11.6. The Bertz CT molecular complexity index is 428. The molecule has 0 saturated heterocycles. The van der Waals surface area contributed by atoms with Gasteiger partial charge in [0.1, 0.15) is 6.61 Å². The summed E-state index contributed by atoms with van der Waals surface area (Å²) in [6, 6.07) is 6.49. The highest BCUT2D eigenvalue weighted by Crippen LogP contribution is 2.18. The summed E-state index contributed by atoms with van der Waals surface area (Å²) in [4.78, 5) is 15.5. The molecule has 0 fully saturated rings. The van der Waals surface area contributed by atoms with Gasteiger partial charge in [-0.05, 0) is 18.9 Å². The minimum absolute atomic E-state index is 0.0434. The molecule has 0 saturated carbocycles. The Labute approximate surface area is 100 Å². The van der Waals surface area contributed by atoms with Crippen LogP contribution in [0.15, 0.2) is 29.4 Å². The summed E-state index contributed by atoms with van der Waals surface area (Å²) in [5.41, 5.74) is 1.04. The Morgan fingerprint density at radius 1 is 1.47 bits per heavy atom. The number of nitrogens with zero attached hydrogens (tertiary/aromatic N) is 2. The fourth-order valence-corrected chi connectivity index (χ4v) is 1.27. The second-order valence-corrected chi connectivity index (χ2v) is 4.14. The summed E-state index contributed by atoms with van der Waals surface area (Å²) in [5.74, 6) is 0.373. The molecule has 1 aromatic carbocycles. The van der Waals surface area contributed by atoms with Crippen molar-refractivity contribution in [2.75, 3.05) is 6.61 Å². The van der Waals surface area contributed by atoms with Gasteiger partial charge >= 0.3 is 0 Å². The van der Waals surface area contributed by atoms with E-state index in [4.69, 9.17) is 4.84 Å². The van der Waals surface area contributed by atoms with Crippen molar-refractivity contribution in [1.82, 2.24) is 0 Å². The fraction of sp³-hybridized carbons (Fsp3) is 0.417. The molecule has 0 aliphatic heterocycles. The first kappa shape index (κ1) is 13.2. The van der Waals surface area contributed by atoms with E-state index < -0.39 is 4.92 Å². The molecule has 0 aliphatic carbocycles. The predicted molar refractivity (Wildman–Crippen MR) is 66.1 cm³/mol. The van der Waals surface area contributed by atoms with Crippen LogP contribution in [0.25, 0.3) is 0 Å². The number of nitro benzene ring substituents is 1. The molecule has 17 heavy (non-hydrogen) atoms. The molecule has 0 radical (unpaired) electrons. The average molecular weight is 236 g/mol. The quantitative estimate of drug-likeness (QED) is 0.448. The second kappa shape index (κ2) is 5.98. The molecule has 0 aromatic heterocycles. The van der Waals surface area contributed by atoms with Crippen molar-refractivity contribution in [3.05, 3.63) is 39.9 Å². The zero-order chi connectivity index (χ0) is 12.8. The minimum Gasteiger partial charge on any atom is -0.395 e. The van der Waals surface area contributed by atoms with E-state index in [1.54, 1.807) is 25.1 Å². The average Bonchev–Trinajstić information content (AvgIpc) is 2.28. The van der Waals surface area contributed by atoms with E-state index in [2.05, 4.69) is 5.16 Å². The van der Waals surface area contributed by atoms with Gasteiger partial charge in [0, 0.05) is 6.07 Å². The molecule has 0 amide bonds. The molecule has 0 N–H and O–H groups in total. The lowest BCUT2D eigenvalue weighted by atomic mass is 10.1. The van der Waals surface area contributed by atoms with Crippen molar-refractivity contribution in [2.45, 2.75) is 20.8 Å². The first-order valence-corrected chi connectivity index (χ1v) is 5.42. The van der Waals surface area contributed by atoms with Crippen LogP contribution >= 0.6 is 0 Å². The van der Waals surface area contributed by atoms with E-state index in [-0.39, 0.29) is 5.69 Å². The van der Waals surface area contributed by atoms with Crippen molar-refractivity contribution in [1.29, 1.82) is 0 Å². The summed E-state index contributed by atoms with van der Waals surface area (Å²) in [6.07, 6.45) is 0. The molecule has 0 aliphatic rings. The monoisotopic (exact) mass is 236 g/mol. The molecule has 0 unspecified atom stereocenters. The summed E-state index contributed by atoms with van der Waals surface area (Å²) in [6.45, 7) is 6.21. The van der Waals surface area contributed by atoms with E-state index in [0.717, 1.165) is 0 Å². The van der Waals surface area contributed by atoms with Gasteiger partial charge in [0.05, 0.1) is 16.2 Å². The van der Waals surface area contributed by atoms with Gasteiger partial charge in [0.15, 0.2) is 0 Å². The van der Waals surface area contributed by atoms with E-state index in [0.29, 0.717) is 23.8 Å². The number of para-hydroxylation sites is 1. The number of hydrogen-bond donors (Lipinski definition) is 0. The largest absolute Gasteiger partial charge is 0.395 e. The lowest BCUT2D eigenvalue weighted by Crippen LogP contribution is -2.04. The van der Waals surface area contributed by atoms with Gasteiger partial charge < -0.3 is 4.84 Å². The molecule has 1 aromatic rings. The number of oxime groups is 1. The smallest absolute Gasteiger partial charge is 0.278 e. The standard InChI is InChI=1S/C12H16N2O3/c1-9(2)8-17-13-10(3)11-6-4-5-7-12(11)14(15)16/h4-7,9H,8H2,1-3H3/b13-10+. The van der Waals surface area contributed by atoms with Gasteiger partial charge in [0.25, 0.3) is 5.69 Å². The molecule has 5 nitrogen and oxygen atoms in total. The maximum atomic E-state index is 10.8. The number of rotatable bonds is 5. The maximum absolute atomic E-state index is 10.8. The Kier molecular flexibility index (Phi) is 4.63. The molecular weight excluding hydrogens is 220 g/mol. The zero-order valence-corrected chi connectivity index (χ0v) is 10.2. The van der Waals surface area contributed by atoms with E-state index in [1.165, 1.54) is 6.07 Å². The first-order chi connectivity index (χ1) is 8.02. The lowest BCUT2D eigenvalue weighted by Gasteiger charge is -2.04. The Balaban J connectivity index is 2.88. The molecule has 92 valence electrons. The fourth-order valence-electron chi connectivity index (χ4n) is 1.27.